The van der Waals surface area contributed by atoms with E-state index in [1.807, 2.05) is 0 Å². The average Bonchev–Trinajstić information content (AvgIpc) is 2.94. The molecule has 0 spiro atoms. The van der Waals surface area contributed by atoms with Crippen molar-refractivity contribution in [3.63, 3.8) is 0 Å². The van der Waals surface area contributed by atoms with Crippen LogP contribution in [0.25, 0.3) is 11.1 Å². The van der Waals surface area contributed by atoms with Crippen molar-refractivity contribution in [2.45, 2.75) is 31.8 Å². The summed E-state index contributed by atoms with van der Waals surface area (Å²) in [4.78, 5) is 11.9. The molecule has 0 unspecified atom stereocenters. The molecule has 0 aliphatic rings. The van der Waals surface area contributed by atoms with Gasteiger partial charge in [-0.1, -0.05) is 29.4 Å². The minimum atomic E-state index is -5.99. The van der Waals surface area contributed by atoms with Gasteiger partial charge in [-0.15, -0.1) is 0 Å². The lowest BCUT2D eigenvalue weighted by Crippen LogP contribution is -2.53. The zero-order chi connectivity index (χ0) is 20.6. The average molecular weight is 397 g/mol. The molecule has 0 bridgehead atoms. The van der Waals surface area contributed by atoms with Crippen molar-refractivity contribution < 1.29 is 45.5 Å². The topological polar surface area (TPSA) is 72.6 Å². The van der Waals surface area contributed by atoms with Crippen LogP contribution in [0.4, 0.5) is 26.3 Å². The molecule has 5 nitrogen and oxygen atoms in total. The lowest BCUT2D eigenvalue weighted by Gasteiger charge is -2.32. The summed E-state index contributed by atoms with van der Waals surface area (Å²) in [5.41, 5.74) is -6.61. The summed E-state index contributed by atoms with van der Waals surface area (Å²) in [5.74, 6) is -0.761. The third-order valence-corrected chi connectivity index (χ3v) is 3.74. The van der Waals surface area contributed by atoms with Gasteiger partial charge in [0.05, 0.1) is 12.2 Å². The highest BCUT2D eigenvalue weighted by Gasteiger charge is 2.71. The Balaban J connectivity index is 2.53. The first-order chi connectivity index (χ1) is 12.3. The number of aromatic nitrogens is 1. The Hall–Kier alpha value is -2.56. The molecule has 1 N–H and O–H groups in total. The molecular formula is C16H13F6NO4. The molecule has 1 aromatic carbocycles. The predicted molar refractivity (Wildman–Crippen MR) is 78.6 cm³/mol. The van der Waals surface area contributed by atoms with Crippen molar-refractivity contribution in [1.29, 1.82) is 0 Å². The highest BCUT2D eigenvalue weighted by Crippen LogP contribution is 2.50. The number of halogens is 6. The molecule has 2 rings (SSSR count). The van der Waals surface area contributed by atoms with Crippen LogP contribution >= 0.6 is 0 Å². The molecule has 0 fully saturated rings. The Morgan fingerprint density at radius 3 is 2.07 bits per heavy atom. The van der Waals surface area contributed by atoms with Crippen molar-refractivity contribution in [3.8, 4) is 11.1 Å². The van der Waals surface area contributed by atoms with E-state index in [1.54, 1.807) is 0 Å². The van der Waals surface area contributed by atoms with Gasteiger partial charge in [0, 0.05) is 5.56 Å². The van der Waals surface area contributed by atoms with Gasteiger partial charge in [-0.3, -0.25) is 0 Å². The van der Waals surface area contributed by atoms with Gasteiger partial charge in [-0.2, -0.15) is 26.3 Å². The maximum atomic E-state index is 12.9. The Morgan fingerprint density at radius 1 is 1.11 bits per heavy atom. The molecular weight excluding hydrogens is 384 g/mol. The van der Waals surface area contributed by atoms with E-state index in [2.05, 4.69) is 5.16 Å². The number of carbonyl (C=O) groups excluding carboxylic acids is 1. The SMILES string of the molecule is CCOC(=O)c1noc(C)c1-c1ccc(C(O)(C(F)(F)F)C(F)(F)F)cc1. The predicted octanol–water partition coefficient (Wildman–Crippen LogP) is 4.14. The fraction of sp³-hybridized carbons (Fsp3) is 0.375. The second-order valence-electron chi connectivity index (χ2n) is 5.47. The van der Waals surface area contributed by atoms with E-state index in [4.69, 9.17) is 9.26 Å². The summed E-state index contributed by atoms with van der Waals surface area (Å²) in [7, 11) is 0. The number of carbonyl (C=O) groups is 1. The van der Waals surface area contributed by atoms with Crippen LogP contribution in [0, 0.1) is 6.92 Å². The number of ether oxygens (including phenoxy) is 1. The number of hydrogen-bond donors (Lipinski definition) is 1. The summed E-state index contributed by atoms with van der Waals surface area (Å²) >= 11 is 0. The lowest BCUT2D eigenvalue weighted by molar-refractivity contribution is -0.376. The summed E-state index contributed by atoms with van der Waals surface area (Å²) < 4.78 is 87.2. The van der Waals surface area contributed by atoms with Crippen LogP contribution < -0.4 is 0 Å². The summed E-state index contributed by atoms with van der Waals surface area (Å²) in [6.45, 7) is 2.96. The van der Waals surface area contributed by atoms with Crippen LogP contribution in [0.15, 0.2) is 28.8 Å². The van der Waals surface area contributed by atoms with Gasteiger partial charge >= 0.3 is 18.3 Å². The molecule has 0 aliphatic carbocycles. The van der Waals surface area contributed by atoms with Gasteiger partial charge in [-0.05, 0) is 19.4 Å². The van der Waals surface area contributed by atoms with E-state index in [0.717, 1.165) is 12.1 Å². The first kappa shape index (κ1) is 20.7. The second kappa shape index (κ2) is 6.87. The summed E-state index contributed by atoms with van der Waals surface area (Å²) in [5, 5.41) is 12.9. The molecule has 0 atom stereocenters. The van der Waals surface area contributed by atoms with Crippen molar-refractivity contribution >= 4 is 5.97 Å². The third kappa shape index (κ3) is 3.51. The number of rotatable bonds is 4. The number of esters is 1. The molecule has 27 heavy (non-hydrogen) atoms. The van der Waals surface area contributed by atoms with E-state index in [-0.39, 0.29) is 29.2 Å². The van der Waals surface area contributed by atoms with Crippen LogP contribution in [0.1, 0.15) is 28.7 Å². The first-order valence-electron chi connectivity index (χ1n) is 7.44. The molecule has 0 aliphatic heterocycles. The van der Waals surface area contributed by atoms with Crippen molar-refractivity contribution in [2.24, 2.45) is 0 Å². The molecule has 0 radical (unpaired) electrons. The summed E-state index contributed by atoms with van der Waals surface area (Å²) in [6.07, 6.45) is -12.0. The second-order valence-corrected chi connectivity index (χ2v) is 5.47. The van der Waals surface area contributed by atoms with E-state index in [1.165, 1.54) is 13.8 Å². The van der Waals surface area contributed by atoms with E-state index in [0.29, 0.717) is 12.1 Å². The van der Waals surface area contributed by atoms with Crippen LogP contribution in [-0.2, 0) is 10.3 Å². The number of alkyl halides is 6. The number of nitrogens with zero attached hydrogens (tertiary/aromatic N) is 1. The Kier molecular flexibility index (Phi) is 5.28. The first-order valence-corrected chi connectivity index (χ1v) is 7.44. The zero-order valence-corrected chi connectivity index (χ0v) is 13.9. The molecule has 0 amide bonds. The molecule has 1 aromatic heterocycles. The van der Waals surface area contributed by atoms with E-state index in [9.17, 15) is 36.2 Å². The largest absolute Gasteiger partial charge is 0.461 e. The number of benzene rings is 1. The molecule has 11 heteroatoms. The van der Waals surface area contributed by atoms with Crippen molar-refractivity contribution in [3.05, 3.63) is 41.3 Å². The number of aryl methyl sites for hydroxylation is 1. The fourth-order valence-corrected chi connectivity index (χ4v) is 2.42. The maximum Gasteiger partial charge on any atom is 0.430 e. The standard InChI is InChI=1S/C16H13F6NO4/c1-3-26-13(24)12-11(8(2)27-23-12)9-4-6-10(7-5-9)14(25,15(17,18)19)16(20,21)22/h4-7,25H,3H2,1-2H3. The Bertz CT molecular complexity index is 809. The quantitative estimate of drug-likeness (QED) is 0.620. The third-order valence-electron chi connectivity index (χ3n) is 3.74. The van der Waals surface area contributed by atoms with Crippen LogP contribution in [0.5, 0.6) is 0 Å². The van der Waals surface area contributed by atoms with Gasteiger partial charge in [-0.25, -0.2) is 4.79 Å². The molecule has 2 aromatic rings. The maximum absolute atomic E-state index is 12.9. The van der Waals surface area contributed by atoms with Crippen LogP contribution in [0.3, 0.4) is 0 Å². The van der Waals surface area contributed by atoms with E-state index < -0.39 is 29.5 Å². The fourth-order valence-electron chi connectivity index (χ4n) is 2.42. The Morgan fingerprint density at radius 2 is 1.63 bits per heavy atom. The zero-order valence-electron chi connectivity index (χ0n) is 13.9. The van der Waals surface area contributed by atoms with E-state index >= 15 is 0 Å². The number of hydrogen-bond acceptors (Lipinski definition) is 5. The minimum Gasteiger partial charge on any atom is -0.461 e. The van der Waals surface area contributed by atoms with Gasteiger partial charge < -0.3 is 14.4 Å². The molecule has 0 saturated heterocycles. The van der Waals surface area contributed by atoms with Crippen molar-refractivity contribution in [1.82, 2.24) is 5.16 Å². The minimum absolute atomic E-state index is 0.0211. The lowest BCUT2D eigenvalue weighted by atomic mass is 9.90. The highest BCUT2D eigenvalue weighted by molar-refractivity contribution is 5.95. The normalized spacial score (nSPS) is 12.9. The smallest absolute Gasteiger partial charge is 0.430 e. The Labute approximate surface area is 148 Å². The van der Waals surface area contributed by atoms with Crippen LogP contribution in [-0.4, -0.2) is 35.2 Å². The van der Waals surface area contributed by atoms with Gasteiger partial charge in [0.1, 0.15) is 5.76 Å². The van der Waals surface area contributed by atoms with Crippen molar-refractivity contribution in [2.75, 3.05) is 6.61 Å². The highest BCUT2D eigenvalue weighted by atomic mass is 19.4. The van der Waals surface area contributed by atoms with Gasteiger partial charge in [0.15, 0.2) is 5.69 Å². The monoisotopic (exact) mass is 397 g/mol. The summed E-state index contributed by atoms with van der Waals surface area (Å²) in [6, 6.07) is 2.72. The van der Waals surface area contributed by atoms with Crippen LogP contribution in [0.2, 0.25) is 0 Å². The van der Waals surface area contributed by atoms with Gasteiger partial charge in [0.2, 0.25) is 0 Å². The molecule has 0 saturated carbocycles. The van der Waals surface area contributed by atoms with Gasteiger partial charge in [0.25, 0.3) is 5.60 Å². The molecule has 1 heterocycles. The molecule has 148 valence electrons. The number of aliphatic hydroxyl groups is 1.